The Labute approximate surface area is 129 Å². The molecule has 2 aromatic carbocycles. The van der Waals surface area contributed by atoms with Gasteiger partial charge < -0.3 is 9.84 Å². The van der Waals surface area contributed by atoms with Gasteiger partial charge in [0.05, 0.1) is 12.0 Å². The van der Waals surface area contributed by atoms with E-state index in [0.717, 1.165) is 6.07 Å². The van der Waals surface area contributed by atoms with Gasteiger partial charge in [0.25, 0.3) is 0 Å². The van der Waals surface area contributed by atoms with E-state index in [1.165, 1.54) is 0 Å². The van der Waals surface area contributed by atoms with E-state index in [1.54, 1.807) is 30.3 Å². The van der Waals surface area contributed by atoms with Crippen molar-refractivity contribution in [3.05, 3.63) is 65.2 Å². The predicted octanol–water partition coefficient (Wildman–Crippen LogP) is 3.55. The van der Waals surface area contributed by atoms with Crippen molar-refractivity contribution in [1.29, 1.82) is 0 Å². The standard InChI is InChI=1S/C16H11F3O4/c17-16(18,19)11-6-7-12(15(21)22)13(9-11)23-14(20)8-10-4-2-1-3-5-10/h1-7,9H,8H2,(H,21,22). The van der Waals surface area contributed by atoms with E-state index in [1.807, 2.05) is 0 Å². The van der Waals surface area contributed by atoms with Gasteiger partial charge >= 0.3 is 18.1 Å². The molecular weight excluding hydrogens is 313 g/mol. The van der Waals surface area contributed by atoms with Crippen LogP contribution in [0.3, 0.4) is 0 Å². The second kappa shape index (κ2) is 6.51. The molecule has 0 amide bonds. The van der Waals surface area contributed by atoms with Gasteiger partial charge in [-0.05, 0) is 23.8 Å². The molecule has 0 spiro atoms. The molecular formula is C16H11F3O4. The maximum Gasteiger partial charge on any atom is 0.416 e. The Morgan fingerprint density at radius 3 is 2.26 bits per heavy atom. The van der Waals surface area contributed by atoms with Crippen LogP contribution in [0.4, 0.5) is 13.2 Å². The fraction of sp³-hybridized carbons (Fsp3) is 0.125. The van der Waals surface area contributed by atoms with Crippen LogP contribution in [0.5, 0.6) is 5.75 Å². The molecule has 0 radical (unpaired) electrons. The lowest BCUT2D eigenvalue weighted by Gasteiger charge is -2.11. The van der Waals surface area contributed by atoms with Gasteiger partial charge in [-0.2, -0.15) is 13.2 Å². The number of carboxylic acids is 1. The maximum absolute atomic E-state index is 12.7. The zero-order valence-electron chi connectivity index (χ0n) is 11.6. The van der Waals surface area contributed by atoms with Crippen molar-refractivity contribution in [1.82, 2.24) is 0 Å². The fourth-order valence-electron chi connectivity index (χ4n) is 1.88. The third-order valence-electron chi connectivity index (χ3n) is 2.95. The highest BCUT2D eigenvalue weighted by atomic mass is 19.4. The largest absolute Gasteiger partial charge is 0.478 e. The van der Waals surface area contributed by atoms with Crippen molar-refractivity contribution < 1.29 is 32.6 Å². The van der Waals surface area contributed by atoms with Crippen LogP contribution < -0.4 is 4.74 Å². The second-order valence-corrected chi connectivity index (χ2v) is 4.65. The maximum atomic E-state index is 12.7. The van der Waals surface area contributed by atoms with E-state index in [0.29, 0.717) is 17.7 Å². The van der Waals surface area contributed by atoms with Crippen molar-refractivity contribution in [3.8, 4) is 5.75 Å². The van der Waals surface area contributed by atoms with Crippen LogP contribution in [0.25, 0.3) is 0 Å². The summed E-state index contributed by atoms with van der Waals surface area (Å²) < 4.78 is 42.9. The number of rotatable bonds is 4. The molecule has 120 valence electrons. The molecule has 0 saturated carbocycles. The molecule has 0 aromatic heterocycles. The third kappa shape index (κ3) is 4.32. The molecule has 4 nitrogen and oxygen atoms in total. The van der Waals surface area contributed by atoms with Gasteiger partial charge in [-0.15, -0.1) is 0 Å². The van der Waals surface area contributed by atoms with Crippen LogP contribution in [0, 0.1) is 0 Å². The van der Waals surface area contributed by atoms with Crippen molar-refractivity contribution >= 4 is 11.9 Å². The number of carbonyl (C=O) groups is 2. The zero-order chi connectivity index (χ0) is 17.0. The Morgan fingerprint density at radius 1 is 1.04 bits per heavy atom. The minimum Gasteiger partial charge on any atom is -0.478 e. The van der Waals surface area contributed by atoms with E-state index >= 15 is 0 Å². The molecule has 1 N–H and O–H groups in total. The highest BCUT2D eigenvalue weighted by molar-refractivity contribution is 5.92. The van der Waals surface area contributed by atoms with Crippen molar-refractivity contribution in [2.75, 3.05) is 0 Å². The second-order valence-electron chi connectivity index (χ2n) is 4.65. The minimum atomic E-state index is -4.67. The molecule has 2 rings (SSSR count). The van der Waals surface area contributed by atoms with E-state index in [2.05, 4.69) is 0 Å². The van der Waals surface area contributed by atoms with Crippen molar-refractivity contribution in [2.45, 2.75) is 12.6 Å². The van der Waals surface area contributed by atoms with Crippen molar-refractivity contribution in [3.63, 3.8) is 0 Å². The summed E-state index contributed by atoms with van der Waals surface area (Å²) >= 11 is 0. The number of ether oxygens (including phenoxy) is 1. The Bertz CT molecular complexity index is 724. The highest BCUT2D eigenvalue weighted by Gasteiger charge is 2.32. The van der Waals surface area contributed by atoms with Gasteiger partial charge in [-0.3, -0.25) is 4.79 Å². The summed E-state index contributed by atoms with van der Waals surface area (Å²) in [4.78, 5) is 22.9. The van der Waals surface area contributed by atoms with Crippen LogP contribution in [-0.2, 0) is 17.4 Å². The summed E-state index contributed by atoms with van der Waals surface area (Å²) in [6.45, 7) is 0. The van der Waals surface area contributed by atoms with Gasteiger partial charge in [0.2, 0.25) is 0 Å². The zero-order valence-corrected chi connectivity index (χ0v) is 11.6. The van der Waals surface area contributed by atoms with Crippen LogP contribution in [0.15, 0.2) is 48.5 Å². The normalized spacial score (nSPS) is 11.1. The summed E-state index contributed by atoms with van der Waals surface area (Å²) in [7, 11) is 0. The molecule has 0 aliphatic carbocycles. The van der Waals surface area contributed by atoms with Gasteiger partial charge in [0, 0.05) is 0 Å². The van der Waals surface area contributed by atoms with Gasteiger partial charge in [0.15, 0.2) is 0 Å². The first-order valence-corrected chi connectivity index (χ1v) is 6.46. The van der Waals surface area contributed by atoms with Crippen LogP contribution in [0.1, 0.15) is 21.5 Å². The number of hydrogen-bond acceptors (Lipinski definition) is 3. The fourth-order valence-corrected chi connectivity index (χ4v) is 1.88. The number of aromatic carboxylic acids is 1. The van der Waals surface area contributed by atoms with Gasteiger partial charge in [0.1, 0.15) is 11.3 Å². The molecule has 0 saturated heterocycles. The number of halogens is 3. The Morgan fingerprint density at radius 2 is 1.70 bits per heavy atom. The first-order chi connectivity index (χ1) is 10.8. The van der Waals surface area contributed by atoms with E-state index < -0.39 is 35.0 Å². The third-order valence-corrected chi connectivity index (χ3v) is 2.95. The summed E-state index contributed by atoms with van der Waals surface area (Å²) in [5.74, 6) is -2.97. The summed E-state index contributed by atoms with van der Waals surface area (Å²) in [6.07, 6.45) is -4.85. The molecule has 0 bridgehead atoms. The molecule has 0 atom stereocenters. The highest BCUT2D eigenvalue weighted by Crippen LogP contribution is 2.33. The Hall–Kier alpha value is -2.83. The number of carboxylic acid groups (broad SMARTS) is 1. The molecule has 23 heavy (non-hydrogen) atoms. The number of carbonyl (C=O) groups excluding carboxylic acids is 1. The lowest BCUT2D eigenvalue weighted by atomic mass is 10.1. The van der Waals surface area contributed by atoms with E-state index in [-0.39, 0.29) is 6.42 Å². The minimum absolute atomic E-state index is 0.184. The molecule has 7 heteroatoms. The summed E-state index contributed by atoms with van der Waals surface area (Å²) in [6, 6.07) is 10.3. The predicted molar refractivity (Wildman–Crippen MR) is 74.2 cm³/mol. The molecule has 0 heterocycles. The average Bonchev–Trinajstić information content (AvgIpc) is 2.46. The number of esters is 1. The SMILES string of the molecule is O=C(Cc1ccccc1)Oc1cc(C(F)(F)F)ccc1C(=O)O. The van der Waals surface area contributed by atoms with E-state index in [4.69, 9.17) is 9.84 Å². The molecule has 2 aromatic rings. The Balaban J connectivity index is 2.26. The Kier molecular flexibility index (Phi) is 4.68. The van der Waals surface area contributed by atoms with Gasteiger partial charge in [-0.25, -0.2) is 4.79 Å². The van der Waals surface area contributed by atoms with Crippen LogP contribution in [-0.4, -0.2) is 17.0 Å². The topological polar surface area (TPSA) is 63.6 Å². The number of alkyl halides is 3. The molecule has 0 aliphatic heterocycles. The van der Waals surface area contributed by atoms with Crippen LogP contribution >= 0.6 is 0 Å². The summed E-state index contributed by atoms with van der Waals surface area (Å²) in [5, 5.41) is 8.99. The quantitative estimate of drug-likeness (QED) is 0.690. The molecule has 0 aliphatic rings. The first kappa shape index (κ1) is 16.5. The smallest absolute Gasteiger partial charge is 0.416 e. The van der Waals surface area contributed by atoms with Crippen molar-refractivity contribution in [2.24, 2.45) is 0 Å². The number of hydrogen-bond donors (Lipinski definition) is 1. The molecule has 0 unspecified atom stereocenters. The monoisotopic (exact) mass is 324 g/mol. The average molecular weight is 324 g/mol. The lowest BCUT2D eigenvalue weighted by molar-refractivity contribution is -0.139. The van der Waals surface area contributed by atoms with E-state index in [9.17, 15) is 22.8 Å². The molecule has 0 fully saturated rings. The van der Waals surface area contributed by atoms with Crippen LogP contribution in [0.2, 0.25) is 0 Å². The van der Waals surface area contributed by atoms with Gasteiger partial charge in [-0.1, -0.05) is 30.3 Å². The first-order valence-electron chi connectivity index (χ1n) is 6.46. The summed E-state index contributed by atoms with van der Waals surface area (Å²) in [5.41, 5.74) is -1.01. The number of benzene rings is 2. The lowest BCUT2D eigenvalue weighted by Crippen LogP contribution is -2.15.